The zero-order valence-electron chi connectivity index (χ0n) is 20.9. The van der Waals surface area contributed by atoms with Gasteiger partial charge in [-0.05, 0) is 25.7 Å². The molecule has 0 aliphatic heterocycles. The molecule has 0 spiro atoms. The Morgan fingerprint density at radius 1 is 0.400 bits per heavy atom. The zero-order valence-corrected chi connectivity index (χ0v) is 20.9. The Morgan fingerprint density at radius 2 is 0.733 bits per heavy atom. The summed E-state index contributed by atoms with van der Waals surface area (Å²) in [4.78, 5) is 0. The van der Waals surface area contributed by atoms with Crippen molar-refractivity contribution >= 4 is 0 Å². The lowest BCUT2D eigenvalue weighted by Gasteiger charge is -2.04. The van der Waals surface area contributed by atoms with Crippen LogP contribution >= 0.6 is 0 Å². The maximum atomic E-state index is 3.72. The molecule has 0 radical (unpaired) electrons. The molecule has 0 heteroatoms. The minimum Gasteiger partial charge on any atom is -0.103 e. The predicted molar refractivity (Wildman–Crippen MR) is 140 cm³/mol. The van der Waals surface area contributed by atoms with Crippen molar-refractivity contribution in [3.8, 4) is 0 Å². The first kappa shape index (κ1) is 29.2. The lowest BCUT2D eigenvalue weighted by Crippen LogP contribution is -1.84. The van der Waals surface area contributed by atoms with E-state index >= 15 is 0 Å². The van der Waals surface area contributed by atoms with Gasteiger partial charge in [0.1, 0.15) is 0 Å². The van der Waals surface area contributed by atoms with E-state index in [0.29, 0.717) is 0 Å². The molecule has 30 heavy (non-hydrogen) atoms. The van der Waals surface area contributed by atoms with Crippen LogP contribution in [0.2, 0.25) is 0 Å². The van der Waals surface area contributed by atoms with Crippen LogP contribution in [0.15, 0.2) is 37.0 Å². The first-order valence-corrected chi connectivity index (χ1v) is 13.8. The average molecular weight is 417 g/mol. The molecule has 0 bridgehead atoms. The Kier molecular flexibility index (Phi) is 27.5. The number of hydrogen-bond acceptors (Lipinski definition) is 0. The van der Waals surface area contributed by atoms with Crippen LogP contribution in [0.5, 0.6) is 0 Å². The minimum absolute atomic E-state index is 0.993. The molecule has 0 aromatic heterocycles. The van der Waals surface area contributed by atoms with Crippen LogP contribution in [-0.4, -0.2) is 0 Å². The molecule has 0 nitrogen and oxygen atoms in total. The average Bonchev–Trinajstić information content (AvgIpc) is 2.76. The molecule has 0 rings (SSSR count). The van der Waals surface area contributed by atoms with Crippen molar-refractivity contribution in [1.82, 2.24) is 0 Å². The van der Waals surface area contributed by atoms with Crippen molar-refractivity contribution < 1.29 is 0 Å². The molecule has 0 aromatic carbocycles. The smallest absolute Gasteiger partial charge is 0.0169 e. The summed E-state index contributed by atoms with van der Waals surface area (Å²) >= 11 is 0. The molecule has 0 fully saturated rings. The van der Waals surface area contributed by atoms with E-state index in [1.807, 2.05) is 6.08 Å². The van der Waals surface area contributed by atoms with E-state index in [1.165, 1.54) is 135 Å². The van der Waals surface area contributed by atoms with E-state index in [2.05, 4.69) is 37.8 Å². The third kappa shape index (κ3) is 27.2. The van der Waals surface area contributed by atoms with E-state index in [9.17, 15) is 0 Å². The Labute approximate surface area is 191 Å². The first-order valence-electron chi connectivity index (χ1n) is 13.8. The van der Waals surface area contributed by atoms with Gasteiger partial charge in [0, 0.05) is 0 Å². The second-order valence-corrected chi connectivity index (χ2v) is 9.21. The van der Waals surface area contributed by atoms with Crippen LogP contribution in [0.3, 0.4) is 0 Å². The highest BCUT2D eigenvalue weighted by molar-refractivity contribution is 4.95. The second kappa shape index (κ2) is 28.2. The fraction of sp³-hybridized carbons (Fsp3) is 0.800. The van der Waals surface area contributed by atoms with Gasteiger partial charge in [-0.2, -0.15) is 0 Å². The maximum Gasteiger partial charge on any atom is -0.0169 e. The lowest BCUT2D eigenvalue weighted by molar-refractivity contribution is 0.522. The molecule has 176 valence electrons. The first-order chi connectivity index (χ1) is 14.9. The fourth-order valence-corrected chi connectivity index (χ4v) is 4.10. The third-order valence-corrected chi connectivity index (χ3v) is 6.13. The van der Waals surface area contributed by atoms with Crippen LogP contribution in [0.4, 0.5) is 0 Å². The molecule has 0 saturated carbocycles. The molecule has 0 N–H and O–H groups in total. The van der Waals surface area contributed by atoms with E-state index in [4.69, 9.17) is 0 Å². The van der Waals surface area contributed by atoms with Crippen molar-refractivity contribution in [3.05, 3.63) is 37.0 Å². The number of unbranched alkanes of at least 4 members (excludes halogenated alkanes) is 20. The summed E-state index contributed by atoms with van der Waals surface area (Å²) < 4.78 is 0. The highest BCUT2D eigenvalue weighted by Gasteiger charge is 1.95. The summed E-state index contributed by atoms with van der Waals surface area (Å²) in [6.45, 7) is 6.02. The van der Waals surface area contributed by atoms with Gasteiger partial charge in [-0.1, -0.05) is 159 Å². The van der Waals surface area contributed by atoms with Gasteiger partial charge >= 0.3 is 0 Å². The van der Waals surface area contributed by atoms with Crippen molar-refractivity contribution in [2.75, 3.05) is 0 Å². The summed E-state index contributed by atoms with van der Waals surface area (Å²) in [6, 6.07) is 0. The van der Waals surface area contributed by atoms with Gasteiger partial charge < -0.3 is 0 Å². The molecule has 0 heterocycles. The molecule has 0 aromatic rings. The maximum absolute atomic E-state index is 3.72. The predicted octanol–water partition coefficient (Wildman–Crippen LogP) is 11.3. The van der Waals surface area contributed by atoms with E-state index in [-0.39, 0.29) is 0 Å². The SMILES string of the molecule is C=CC/C=C\C/C=C\CCCCCCCCCCCCCCCCCCCCCC. The number of allylic oxidation sites excluding steroid dienone is 5. The van der Waals surface area contributed by atoms with Crippen molar-refractivity contribution in [3.63, 3.8) is 0 Å². The summed E-state index contributed by atoms with van der Waals surface area (Å²) in [6.07, 6.45) is 43.5. The van der Waals surface area contributed by atoms with E-state index in [1.54, 1.807) is 0 Å². The standard InChI is InChI=1S/C30H56/c1-3-5-7-9-11-13-15-17-19-21-23-25-27-29-30-28-26-24-22-20-18-16-14-12-10-8-6-4-2/h3,7,9,13,15H,1,4-6,8,10-12,14,16-30H2,2H3/b9-7-,15-13-. The third-order valence-electron chi connectivity index (χ3n) is 6.13. The molecule has 0 atom stereocenters. The highest BCUT2D eigenvalue weighted by Crippen LogP contribution is 2.15. The normalized spacial score (nSPS) is 11.8. The quantitative estimate of drug-likeness (QED) is 0.102. The van der Waals surface area contributed by atoms with Crippen molar-refractivity contribution in [2.24, 2.45) is 0 Å². The summed E-state index contributed by atoms with van der Waals surface area (Å²) in [5.74, 6) is 0. The molecular weight excluding hydrogens is 360 g/mol. The number of rotatable bonds is 25. The van der Waals surface area contributed by atoms with Gasteiger partial charge in [-0.3, -0.25) is 0 Å². The zero-order chi connectivity index (χ0) is 21.8. The second-order valence-electron chi connectivity index (χ2n) is 9.21. The van der Waals surface area contributed by atoms with E-state index in [0.717, 1.165) is 12.8 Å². The molecule has 0 unspecified atom stereocenters. The van der Waals surface area contributed by atoms with Gasteiger partial charge in [-0.25, -0.2) is 0 Å². The summed E-state index contributed by atoms with van der Waals surface area (Å²) in [5.41, 5.74) is 0. The minimum atomic E-state index is 0.993. The Bertz CT molecular complexity index is 362. The van der Waals surface area contributed by atoms with Gasteiger partial charge in [0.05, 0.1) is 0 Å². The largest absolute Gasteiger partial charge is 0.103 e. The van der Waals surface area contributed by atoms with Crippen LogP contribution in [0, 0.1) is 0 Å². The van der Waals surface area contributed by atoms with Gasteiger partial charge in [0.25, 0.3) is 0 Å². The monoisotopic (exact) mass is 416 g/mol. The fourth-order valence-electron chi connectivity index (χ4n) is 4.10. The molecule has 0 aliphatic carbocycles. The molecule has 0 saturated heterocycles. The molecule has 0 aliphatic rings. The van der Waals surface area contributed by atoms with Crippen LogP contribution < -0.4 is 0 Å². The van der Waals surface area contributed by atoms with E-state index < -0.39 is 0 Å². The van der Waals surface area contributed by atoms with Crippen LogP contribution in [0.1, 0.15) is 155 Å². The summed E-state index contributed by atoms with van der Waals surface area (Å²) in [7, 11) is 0. The Balaban J connectivity index is 3.06. The highest BCUT2D eigenvalue weighted by atomic mass is 14.0. The van der Waals surface area contributed by atoms with Gasteiger partial charge in [0.2, 0.25) is 0 Å². The number of hydrogen-bond donors (Lipinski definition) is 0. The van der Waals surface area contributed by atoms with Gasteiger partial charge in [-0.15, -0.1) is 6.58 Å². The lowest BCUT2D eigenvalue weighted by atomic mass is 10.0. The Hall–Kier alpha value is -0.780. The van der Waals surface area contributed by atoms with Crippen LogP contribution in [0.25, 0.3) is 0 Å². The van der Waals surface area contributed by atoms with Crippen molar-refractivity contribution in [1.29, 1.82) is 0 Å². The van der Waals surface area contributed by atoms with Crippen molar-refractivity contribution in [2.45, 2.75) is 155 Å². The molecule has 0 amide bonds. The topological polar surface area (TPSA) is 0 Å². The molecular formula is C30H56. The Morgan fingerprint density at radius 3 is 1.13 bits per heavy atom. The van der Waals surface area contributed by atoms with Crippen LogP contribution in [-0.2, 0) is 0 Å². The van der Waals surface area contributed by atoms with Gasteiger partial charge in [0.15, 0.2) is 0 Å². The summed E-state index contributed by atoms with van der Waals surface area (Å²) in [5, 5.41) is 0.